The molecule has 0 aliphatic carbocycles. The second-order valence-corrected chi connectivity index (χ2v) is 6.88. The van der Waals surface area contributed by atoms with Gasteiger partial charge in [-0.2, -0.15) is 0 Å². The van der Waals surface area contributed by atoms with E-state index in [4.69, 9.17) is 11.6 Å². The van der Waals surface area contributed by atoms with E-state index in [1.54, 1.807) is 11.0 Å². The van der Waals surface area contributed by atoms with Crippen molar-refractivity contribution in [2.24, 2.45) is 5.92 Å². The number of rotatable bonds is 4. The van der Waals surface area contributed by atoms with Crippen molar-refractivity contribution in [2.45, 2.75) is 40.0 Å². The second-order valence-electron chi connectivity index (χ2n) is 6.44. The van der Waals surface area contributed by atoms with E-state index >= 15 is 0 Å². The number of amides is 2. The highest BCUT2D eigenvalue weighted by Gasteiger charge is 2.22. The van der Waals surface area contributed by atoms with Crippen LogP contribution >= 0.6 is 11.6 Å². The maximum Gasteiger partial charge on any atom is 0.224 e. The van der Waals surface area contributed by atoms with Crippen LogP contribution in [0.15, 0.2) is 18.2 Å². The zero-order valence-electron chi connectivity index (χ0n) is 14.1. The van der Waals surface area contributed by atoms with Crippen LogP contribution in [-0.4, -0.2) is 36.3 Å². The topological polar surface area (TPSA) is 40.6 Å². The fraction of sp³-hybridized carbons (Fsp3) is 0.556. The summed E-state index contributed by atoms with van der Waals surface area (Å²) in [7, 11) is 0. The predicted octanol–water partition coefficient (Wildman–Crippen LogP) is 3.65. The van der Waals surface area contributed by atoms with E-state index in [0.717, 1.165) is 30.8 Å². The first-order valence-corrected chi connectivity index (χ1v) is 8.58. The van der Waals surface area contributed by atoms with Gasteiger partial charge in [-0.15, -0.1) is 0 Å². The molecule has 1 aliphatic heterocycles. The molecule has 4 nitrogen and oxygen atoms in total. The predicted molar refractivity (Wildman–Crippen MR) is 93.8 cm³/mol. The minimum Gasteiger partial charge on any atom is -0.342 e. The Morgan fingerprint density at radius 3 is 2.74 bits per heavy atom. The molecular weight excluding hydrogens is 312 g/mol. The summed E-state index contributed by atoms with van der Waals surface area (Å²) in [6, 6.07) is 5.45. The van der Waals surface area contributed by atoms with Crippen LogP contribution < -0.4 is 4.90 Å². The minimum atomic E-state index is -0.0600. The number of likely N-dealkylation sites (tertiary alicyclic amines) is 1. The lowest BCUT2D eigenvalue weighted by Crippen LogP contribution is -2.41. The number of carbonyl (C=O) groups excluding carboxylic acids is 2. The molecule has 23 heavy (non-hydrogen) atoms. The largest absolute Gasteiger partial charge is 0.342 e. The molecule has 1 heterocycles. The summed E-state index contributed by atoms with van der Waals surface area (Å²) in [5.41, 5.74) is 1.76. The molecule has 1 aliphatic rings. The Labute approximate surface area is 143 Å². The molecule has 0 N–H and O–H groups in total. The van der Waals surface area contributed by atoms with Crippen molar-refractivity contribution in [1.82, 2.24) is 4.90 Å². The Morgan fingerprint density at radius 2 is 2.13 bits per heavy atom. The number of aryl methyl sites for hydroxylation is 1. The monoisotopic (exact) mass is 336 g/mol. The van der Waals surface area contributed by atoms with Crippen LogP contribution in [0, 0.1) is 12.8 Å². The van der Waals surface area contributed by atoms with Gasteiger partial charge in [0, 0.05) is 43.7 Å². The first-order chi connectivity index (χ1) is 10.9. The van der Waals surface area contributed by atoms with Crippen molar-refractivity contribution in [2.75, 3.05) is 24.5 Å². The van der Waals surface area contributed by atoms with E-state index in [1.807, 2.05) is 24.0 Å². The molecule has 5 heteroatoms. The van der Waals surface area contributed by atoms with Gasteiger partial charge in [0.15, 0.2) is 0 Å². The molecule has 1 fully saturated rings. The van der Waals surface area contributed by atoms with Crippen molar-refractivity contribution >= 4 is 29.1 Å². The summed E-state index contributed by atoms with van der Waals surface area (Å²) in [4.78, 5) is 28.0. The second kappa shape index (κ2) is 7.82. The first-order valence-electron chi connectivity index (χ1n) is 8.20. The summed E-state index contributed by atoms with van der Waals surface area (Å²) in [5.74, 6) is 0.639. The third-order valence-corrected chi connectivity index (χ3v) is 4.62. The molecule has 1 atom stereocenters. The molecule has 0 aromatic heterocycles. The van der Waals surface area contributed by atoms with Gasteiger partial charge in [0.1, 0.15) is 0 Å². The molecule has 0 radical (unpaired) electrons. The van der Waals surface area contributed by atoms with E-state index in [0.29, 0.717) is 23.9 Å². The molecule has 0 spiro atoms. The normalized spacial score (nSPS) is 17.9. The molecule has 2 amide bonds. The first kappa shape index (κ1) is 17.8. The Morgan fingerprint density at radius 1 is 1.39 bits per heavy atom. The number of hydrogen-bond acceptors (Lipinski definition) is 2. The zero-order chi connectivity index (χ0) is 17.0. The number of nitrogens with zero attached hydrogens (tertiary/aromatic N) is 2. The zero-order valence-corrected chi connectivity index (χ0v) is 14.9. The summed E-state index contributed by atoms with van der Waals surface area (Å²) in [5, 5.41) is 0.646. The van der Waals surface area contributed by atoms with Gasteiger partial charge in [0.05, 0.1) is 0 Å². The Balaban J connectivity index is 2.02. The van der Waals surface area contributed by atoms with Crippen LogP contribution in [0.3, 0.4) is 0 Å². The maximum absolute atomic E-state index is 12.4. The van der Waals surface area contributed by atoms with Crippen molar-refractivity contribution in [3.8, 4) is 0 Å². The number of benzene rings is 1. The van der Waals surface area contributed by atoms with Gasteiger partial charge in [-0.1, -0.05) is 18.5 Å². The summed E-state index contributed by atoms with van der Waals surface area (Å²) in [6.45, 7) is 7.70. The third-order valence-electron chi connectivity index (χ3n) is 4.39. The van der Waals surface area contributed by atoms with Gasteiger partial charge < -0.3 is 9.80 Å². The SMILES string of the molecule is CC(=O)N(CCC(=O)N1CCCC(C)C1)c1ccc(Cl)cc1C. The highest BCUT2D eigenvalue weighted by Crippen LogP contribution is 2.24. The summed E-state index contributed by atoms with van der Waals surface area (Å²) in [6.07, 6.45) is 2.61. The fourth-order valence-electron chi connectivity index (χ4n) is 3.15. The molecule has 2 rings (SSSR count). The third kappa shape index (κ3) is 4.71. The van der Waals surface area contributed by atoms with E-state index in [9.17, 15) is 9.59 Å². The van der Waals surface area contributed by atoms with Crippen molar-refractivity contribution in [3.63, 3.8) is 0 Å². The van der Waals surface area contributed by atoms with Crippen LogP contribution in [0.4, 0.5) is 5.69 Å². The van der Waals surface area contributed by atoms with Crippen LogP contribution in [0.5, 0.6) is 0 Å². The Hall–Kier alpha value is -1.55. The average molecular weight is 337 g/mol. The van der Waals surface area contributed by atoms with Crippen molar-refractivity contribution < 1.29 is 9.59 Å². The Kier molecular flexibility index (Phi) is 6.05. The number of carbonyl (C=O) groups is 2. The standard InChI is InChI=1S/C18H25ClN2O2/c1-13-5-4-9-20(12-13)18(23)8-10-21(15(3)22)17-7-6-16(19)11-14(17)2/h6-7,11,13H,4-5,8-10,12H2,1-3H3. The highest BCUT2D eigenvalue weighted by molar-refractivity contribution is 6.30. The van der Waals surface area contributed by atoms with Crippen LogP contribution in [-0.2, 0) is 9.59 Å². The molecule has 1 aromatic rings. The number of piperidine rings is 1. The molecule has 0 saturated carbocycles. The molecular formula is C18H25ClN2O2. The molecule has 0 bridgehead atoms. The number of anilines is 1. The van der Waals surface area contributed by atoms with E-state index in [1.165, 1.54) is 13.3 Å². The molecule has 1 saturated heterocycles. The molecule has 126 valence electrons. The van der Waals surface area contributed by atoms with Crippen molar-refractivity contribution in [3.05, 3.63) is 28.8 Å². The van der Waals surface area contributed by atoms with Gasteiger partial charge in [0.2, 0.25) is 11.8 Å². The number of hydrogen-bond donors (Lipinski definition) is 0. The maximum atomic E-state index is 12.4. The van der Waals surface area contributed by atoms with Gasteiger partial charge in [-0.25, -0.2) is 0 Å². The van der Waals surface area contributed by atoms with Crippen LogP contribution in [0.2, 0.25) is 5.02 Å². The Bertz CT molecular complexity index is 588. The minimum absolute atomic E-state index is 0.0600. The van der Waals surface area contributed by atoms with Crippen LogP contribution in [0.25, 0.3) is 0 Å². The lowest BCUT2D eigenvalue weighted by molar-refractivity contribution is -0.132. The van der Waals surface area contributed by atoms with Gasteiger partial charge >= 0.3 is 0 Å². The van der Waals surface area contributed by atoms with Gasteiger partial charge in [-0.05, 0) is 49.4 Å². The number of halogens is 1. The summed E-state index contributed by atoms with van der Waals surface area (Å²) >= 11 is 5.98. The molecule has 1 unspecified atom stereocenters. The average Bonchev–Trinajstić information content (AvgIpc) is 2.48. The van der Waals surface area contributed by atoms with Gasteiger partial charge in [-0.3, -0.25) is 9.59 Å². The smallest absolute Gasteiger partial charge is 0.224 e. The van der Waals surface area contributed by atoms with Crippen molar-refractivity contribution in [1.29, 1.82) is 0 Å². The van der Waals surface area contributed by atoms with E-state index in [-0.39, 0.29) is 11.8 Å². The highest BCUT2D eigenvalue weighted by atomic mass is 35.5. The van der Waals surface area contributed by atoms with Gasteiger partial charge in [0.25, 0.3) is 0 Å². The fourth-order valence-corrected chi connectivity index (χ4v) is 3.38. The lowest BCUT2D eigenvalue weighted by atomic mass is 10.00. The van der Waals surface area contributed by atoms with E-state index in [2.05, 4.69) is 6.92 Å². The molecule has 1 aromatic carbocycles. The quantitative estimate of drug-likeness (QED) is 0.842. The van der Waals surface area contributed by atoms with Crippen LogP contribution in [0.1, 0.15) is 38.7 Å². The lowest BCUT2D eigenvalue weighted by Gasteiger charge is -2.32. The summed E-state index contributed by atoms with van der Waals surface area (Å²) < 4.78 is 0. The van der Waals surface area contributed by atoms with E-state index < -0.39 is 0 Å².